The largest absolute Gasteiger partial charge is 0.490 e. The number of benzene rings is 2. The van der Waals surface area contributed by atoms with E-state index in [0.717, 1.165) is 17.0 Å². The molecule has 0 aliphatic carbocycles. The van der Waals surface area contributed by atoms with Crippen LogP contribution in [0, 0.1) is 13.8 Å². The number of ether oxygens (including phenoxy) is 1. The van der Waals surface area contributed by atoms with E-state index in [4.69, 9.17) is 4.74 Å². The molecule has 0 saturated carbocycles. The maximum absolute atomic E-state index is 13.0. The molecule has 1 amide bonds. The number of hydrogen-bond acceptors (Lipinski definition) is 4. The summed E-state index contributed by atoms with van der Waals surface area (Å²) < 4.78 is 7.15. The van der Waals surface area contributed by atoms with Crippen molar-refractivity contribution in [3.05, 3.63) is 89.8 Å². The minimum atomic E-state index is -0.569. The third kappa shape index (κ3) is 4.49. The van der Waals surface area contributed by atoms with Crippen LogP contribution >= 0.6 is 0 Å². The predicted molar refractivity (Wildman–Crippen MR) is 116 cm³/mol. The summed E-state index contributed by atoms with van der Waals surface area (Å²) in [4.78, 5) is 27.2. The Kier molecular flexibility index (Phi) is 6.47. The Morgan fingerprint density at radius 3 is 2.40 bits per heavy atom. The van der Waals surface area contributed by atoms with Crippen molar-refractivity contribution in [2.24, 2.45) is 0 Å². The van der Waals surface area contributed by atoms with E-state index >= 15 is 0 Å². The summed E-state index contributed by atoms with van der Waals surface area (Å²) in [6, 6.07) is 16.9. The Balaban J connectivity index is 1.74. The van der Waals surface area contributed by atoms with Gasteiger partial charge in [-0.25, -0.2) is 4.68 Å². The summed E-state index contributed by atoms with van der Waals surface area (Å²) in [7, 11) is 1.62. The molecule has 30 heavy (non-hydrogen) atoms. The van der Waals surface area contributed by atoms with E-state index in [0.29, 0.717) is 30.1 Å². The minimum absolute atomic E-state index is 0.317. The highest BCUT2D eigenvalue weighted by Gasteiger charge is 2.27. The summed E-state index contributed by atoms with van der Waals surface area (Å²) in [6.45, 7) is 7.91. The first-order chi connectivity index (χ1) is 14.4. The van der Waals surface area contributed by atoms with Crippen LogP contribution in [0.2, 0.25) is 0 Å². The van der Waals surface area contributed by atoms with E-state index in [1.165, 1.54) is 4.90 Å². The summed E-state index contributed by atoms with van der Waals surface area (Å²) in [5.74, 6) is -0.398. The van der Waals surface area contributed by atoms with Crippen molar-refractivity contribution >= 4 is 11.7 Å². The standard InChI is InChI=1S/C24H25N3O3/c1-5-15-30-21-13-11-19(12-14-21)16-26(4)24(29)23(28)22-17(2)25-27(18(22)3)20-9-7-6-8-10-20/h5-14H,1,15-16H2,2-4H3. The lowest BCUT2D eigenvalue weighted by atomic mass is 10.1. The van der Waals surface area contributed by atoms with Crippen molar-refractivity contribution in [2.45, 2.75) is 20.4 Å². The molecule has 3 rings (SSSR count). The second kappa shape index (κ2) is 9.22. The van der Waals surface area contributed by atoms with Crippen LogP contribution in [-0.4, -0.2) is 40.0 Å². The molecule has 0 radical (unpaired) electrons. The van der Waals surface area contributed by atoms with E-state index in [1.54, 1.807) is 31.7 Å². The number of para-hydroxylation sites is 1. The first-order valence-corrected chi connectivity index (χ1v) is 9.66. The highest BCUT2D eigenvalue weighted by Crippen LogP contribution is 2.20. The Morgan fingerprint density at radius 2 is 1.77 bits per heavy atom. The van der Waals surface area contributed by atoms with Gasteiger partial charge in [0.05, 0.1) is 22.6 Å². The van der Waals surface area contributed by atoms with Gasteiger partial charge in [0.2, 0.25) is 0 Å². The number of aromatic nitrogens is 2. The highest BCUT2D eigenvalue weighted by molar-refractivity contribution is 6.43. The van der Waals surface area contributed by atoms with Crippen LogP contribution in [0.25, 0.3) is 5.69 Å². The fourth-order valence-electron chi connectivity index (χ4n) is 3.26. The Hall–Kier alpha value is -3.67. The molecule has 0 spiro atoms. The van der Waals surface area contributed by atoms with Gasteiger partial charge in [0.25, 0.3) is 11.7 Å². The molecule has 1 aromatic heterocycles. The van der Waals surface area contributed by atoms with Crippen LogP contribution < -0.4 is 4.74 Å². The average Bonchev–Trinajstić information content (AvgIpc) is 3.06. The molecule has 0 saturated heterocycles. The molecule has 0 N–H and O–H groups in total. The Labute approximate surface area is 176 Å². The lowest BCUT2D eigenvalue weighted by Gasteiger charge is -2.17. The SMILES string of the molecule is C=CCOc1ccc(CN(C)C(=O)C(=O)c2c(C)nn(-c3ccccc3)c2C)cc1. The summed E-state index contributed by atoms with van der Waals surface area (Å²) in [6.07, 6.45) is 1.68. The van der Waals surface area contributed by atoms with Gasteiger partial charge in [-0.15, -0.1) is 0 Å². The molecule has 0 unspecified atom stereocenters. The van der Waals surface area contributed by atoms with Gasteiger partial charge in [0, 0.05) is 13.6 Å². The van der Waals surface area contributed by atoms with Crippen LogP contribution in [0.4, 0.5) is 0 Å². The van der Waals surface area contributed by atoms with Crippen molar-refractivity contribution in [1.82, 2.24) is 14.7 Å². The van der Waals surface area contributed by atoms with Gasteiger partial charge in [-0.1, -0.05) is 43.0 Å². The monoisotopic (exact) mass is 403 g/mol. The summed E-state index contributed by atoms with van der Waals surface area (Å²) >= 11 is 0. The predicted octanol–water partition coefficient (Wildman–Crippen LogP) is 3.90. The van der Waals surface area contributed by atoms with E-state index in [2.05, 4.69) is 11.7 Å². The average molecular weight is 403 g/mol. The molecular weight excluding hydrogens is 378 g/mol. The van der Waals surface area contributed by atoms with Crippen molar-refractivity contribution in [3.63, 3.8) is 0 Å². The topological polar surface area (TPSA) is 64.4 Å². The molecule has 0 aliphatic heterocycles. The Morgan fingerprint density at radius 1 is 1.10 bits per heavy atom. The number of rotatable bonds is 8. The van der Waals surface area contributed by atoms with Gasteiger partial charge in [-0.05, 0) is 43.7 Å². The molecule has 3 aromatic rings. The Bertz CT molecular complexity index is 1050. The number of hydrogen-bond donors (Lipinski definition) is 0. The number of ketones is 1. The second-order valence-electron chi connectivity index (χ2n) is 7.03. The van der Waals surface area contributed by atoms with E-state index in [-0.39, 0.29) is 0 Å². The maximum atomic E-state index is 13.0. The number of nitrogens with zero attached hydrogens (tertiary/aromatic N) is 3. The van der Waals surface area contributed by atoms with Gasteiger partial charge in [0.15, 0.2) is 0 Å². The molecule has 1 heterocycles. The number of likely N-dealkylation sites (N-methyl/N-ethyl adjacent to an activating group) is 1. The molecule has 2 aromatic carbocycles. The first-order valence-electron chi connectivity index (χ1n) is 9.66. The van der Waals surface area contributed by atoms with Crippen molar-refractivity contribution in [3.8, 4) is 11.4 Å². The zero-order valence-electron chi connectivity index (χ0n) is 17.5. The van der Waals surface area contributed by atoms with Crippen LogP contribution in [0.3, 0.4) is 0 Å². The van der Waals surface area contributed by atoms with E-state index in [1.807, 2.05) is 54.6 Å². The van der Waals surface area contributed by atoms with Crippen molar-refractivity contribution in [1.29, 1.82) is 0 Å². The van der Waals surface area contributed by atoms with Crippen molar-refractivity contribution in [2.75, 3.05) is 13.7 Å². The lowest BCUT2D eigenvalue weighted by Crippen LogP contribution is -2.33. The number of carbonyl (C=O) groups excluding carboxylic acids is 2. The number of aryl methyl sites for hydroxylation is 1. The third-order valence-electron chi connectivity index (χ3n) is 4.77. The third-order valence-corrected chi connectivity index (χ3v) is 4.77. The lowest BCUT2D eigenvalue weighted by molar-refractivity contribution is -0.125. The first kappa shape index (κ1) is 21.0. The molecule has 0 fully saturated rings. The fraction of sp³-hybridized carbons (Fsp3) is 0.208. The van der Waals surface area contributed by atoms with Crippen molar-refractivity contribution < 1.29 is 14.3 Å². The number of amides is 1. The van der Waals surface area contributed by atoms with Gasteiger partial charge >= 0.3 is 0 Å². The molecule has 0 bridgehead atoms. The van der Waals surface area contributed by atoms with Crippen LogP contribution in [0.1, 0.15) is 27.3 Å². The number of carbonyl (C=O) groups is 2. The molecule has 0 atom stereocenters. The van der Waals surface area contributed by atoms with Crippen LogP contribution in [-0.2, 0) is 11.3 Å². The van der Waals surface area contributed by atoms with E-state index < -0.39 is 11.7 Å². The zero-order chi connectivity index (χ0) is 21.7. The van der Waals surface area contributed by atoms with Crippen LogP contribution in [0.5, 0.6) is 5.75 Å². The normalized spacial score (nSPS) is 10.5. The minimum Gasteiger partial charge on any atom is -0.490 e. The maximum Gasteiger partial charge on any atom is 0.295 e. The fourth-order valence-corrected chi connectivity index (χ4v) is 3.26. The molecule has 0 aliphatic rings. The second-order valence-corrected chi connectivity index (χ2v) is 7.03. The highest BCUT2D eigenvalue weighted by atomic mass is 16.5. The molecule has 6 nitrogen and oxygen atoms in total. The molecule has 6 heteroatoms. The van der Waals surface area contributed by atoms with Crippen LogP contribution in [0.15, 0.2) is 67.3 Å². The molecule has 154 valence electrons. The van der Waals surface area contributed by atoms with Gasteiger partial charge in [-0.3, -0.25) is 9.59 Å². The summed E-state index contributed by atoms with van der Waals surface area (Å²) in [5, 5.41) is 4.47. The zero-order valence-corrected chi connectivity index (χ0v) is 17.5. The number of Topliss-reactive ketones (excluding diaryl/α,β-unsaturated/α-hetero) is 1. The smallest absolute Gasteiger partial charge is 0.295 e. The van der Waals surface area contributed by atoms with Gasteiger partial charge < -0.3 is 9.64 Å². The quantitative estimate of drug-likeness (QED) is 0.325. The van der Waals surface area contributed by atoms with Gasteiger partial charge in [0.1, 0.15) is 12.4 Å². The van der Waals surface area contributed by atoms with E-state index in [9.17, 15) is 9.59 Å². The van der Waals surface area contributed by atoms with Gasteiger partial charge in [-0.2, -0.15) is 5.10 Å². The molecular formula is C24H25N3O3. The summed E-state index contributed by atoms with van der Waals surface area (Å²) in [5.41, 5.74) is 3.28.